The first-order valence-electron chi connectivity index (χ1n) is 9.25. The predicted molar refractivity (Wildman–Crippen MR) is 108 cm³/mol. The maximum atomic E-state index is 12.3. The molecule has 1 amide bonds. The molecule has 5 heteroatoms. The summed E-state index contributed by atoms with van der Waals surface area (Å²) in [5.41, 5.74) is 4.08. The number of carbonyl (C=O) groups is 1. The fourth-order valence-electron chi connectivity index (χ4n) is 3.15. The van der Waals surface area contributed by atoms with Crippen LogP contribution in [0.2, 0.25) is 0 Å². The molecule has 1 heterocycles. The third kappa shape index (κ3) is 5.18. The highest BCUT2D eigenvalue weighted by molar-refractivity contribution is 5.92. The lowest BCUT2D eigenvalue weighted by molar-refractivity contribution is -0.117. The summed E-state index contributed by atoms with van der Waals surface area (Å²) < 4.78 is 5.40. The van der Waals surface area contributed by atoms with Crippen molar-refractivity contribution < 1.29 is 14.6 Å². The van der Waals surface area contributed by atoms with Crippen LogP contribution < -0.4 is 10.2 Å². The summed E-state index contributed by atoms with van der Waals surface area (Å²) in [5, 5.41) is 12.7. The minimum Gasteiger partial charge on any atom is -0.394 e. The number of hydrogen-bond donors (Lipinski definition) is 2. The zero-order valence-electron chi connectivity index (χ0n) is 15.6. The summed E-state index contributed by atoms with van der Waals surface area (Å²) in [6, 6.07) is 15.4. The standard InChI is InChI=1S/C22H26N2O3/c1-17-5-2-3-6-18(17)9-10-22(26)23-21(16-25)19-7-4-8-20(15-19)24-11-13-27-14-12-24/h2-10,15,21,25H,11-14,16H2,1H3,(H,23,26)/b10-9+/t21-/m1/s1. The van der Waals surface area contributed by atoms with Crippen LogP contribution in [0.1, 0.15) is 22.7 Å². The van der Waals surface area contributed by atoms with Crippen molar-refractivity contribution in [1.29, 1.82) is 0 Å². The number of hydrogen-bond acceptors (Lipinski definition) is 4. The molecule has 2 aromatic rings. The number of nitrogens with zero attached hydrogens (tertiary/aromatic N) is 1. The van der Waals surface area contributed by atoms with E-state index < -0.39 is 6.04 Å². The number of aliphatic hydroxyl groups excluding tert-OH is 1. The Hall–Kier alpha value is -2.63. The summed E-state index contributed by atoms with van der Waals surface area (Å²) in [6.07, 6.45) is 3.31. The van der Waals surface area contributed by atoms with E-state index in [0.29, 0.717) is 13.2 Å². The number of aliphatic hydroxyl groups is 1. The molecule has 5 nitrogen and oxygen atoms in total. The number of nitrogens with one attached hydrogen (secondary N) is 1. The first-order chi connectivity index (χ1) is 13.2. The maximum absolute atomic E-state index is 12.3. The number of anilines is 1. The van der Waals surface area contributed by atoms with Crippen molar-refractivity contribution in [3.63, 3.8) is 0 Å². The van der Waals surface area contributed by atoms with Crippen molar-refractivity contribution in [2.75, 3.05) is 37.8 Å². The Morgan fingerprint density at radius 3 is 2.74 bits per heavy atom. The third-order valence-corrected chi connectivity index (χ3v) is 4.75. The van der Waals surface area contributed by atoms with Gasteiger partial charge in [0.1, 0.15) is 0 Å². The van der Waals surface area contributed by atoms with Crippen LogP contribution in [0.3, 0.4) is 0 Å². The molecule has 1 saturated heterocycles. The highest BCUT2D eigenvalue weighted by atomic mass is 16.5. The largest absolute Gasteiger partial charge is 0.394 e. The molecule has 1 aliphatic heterocycles. The van der Waals surface area contributed by atoms with E-state index >= 15 is 0 Å². The lowest BCUT2D eigenvalue weighted by Crippen LogP contribution is -2.36. The highest BCUT2D eigenvalue weighted by Crippen LogP contribution is 2.22. The third-order valence-electron chi connectivity index (χ3n) is 4.75. The normalized spacial score (nSPS) is 15.7. The van der Waals surface area contributed by atoms with Crippen molar-refractivity contribution in [3.8, 4) is 0 Å². The quantitative estimate of drug-likeness (QED) is 0.772. The smallest absolute Gasteiger partial charge is 0.244 e. The summed E-state index contributed by atoms with van der Waals surface area (Å²) in [6.45, 7) is 4.97. The molecule has 142 valence electrons. The van der Waals surface area contributed by atoms with Crippen LogP contribution in [-0.2, 0) is 9.53 Å². The van der Waals surface area contributed by atoms with E-state index in [0.717, 1.165) is 35.5 Å². The lowest BCUT2D eigenvalue weighted by atomic mass is 10.1. The Morgan fingerprint density at radius 1 is 1.22 bits per heavy atom. The van der Waals surface area contributed by atoms with Crippen molar-refractivity contribution in [1.82, 2.24) is 5.32 Å². The second-order valence-corrected chi connectivity index (χ2v) is 6.63. The van der Waals surface area contributed by atoms with Crippen LogP contribution in [0.4, 0.5) is 5.69 Å². The number of aryl methyl sites for hydroxylation is 1. The van der Waals surface area contributed by atoms with Crippen LogP contribution >= 0.6 is 0 Å². The number of morpholine rings is 1. The van der Waals surface area contributed by atoms with Gasteiger partial charge >= 0.3 is 0 Å². The molecule has 0 unspecified atom stereocenters. The second-order valence-electron chi connectivity index (χ2n) is 6.63. The van der Waals surface area contributed by atoms with Crippen molar-refractivity contribution in [2.45, 2.75) is 13.0 Å². The maximum Gasteiger partial charge on any atom is 0.244 e. The van der Waals surface area contributed by atoms with E-state index in [9.17, 15) is 9.90 Å². The van der Waals surface area contributed by atoms with Gasteiger partial charge in [-0.3, -0.25) is 4.79 Å². The van der Waals surface area contributed by atoms with Crippen LogP contribution in [0.5, 0.6) is 0 Å². The van der Waals surface area contributed by atoms with Gasteiger partial charge in [0.15, 0.2) is 0 Å². The average Bonchev–Trinajstić information content (AvgIpc) is 2.72. The highest BCUT2D eigenvalue weighted by Gasteiger charge is 2.16. The van der Waals surface area contributed by atoms with E-state index in [1.54, 1.807) is 6.08 Å². The molecule has 1 atom stereocenters. The number of benzene rings is 2. The summed E-state index contributed by atoms with van der Waals surface area (Å²) >= 11 is 0. The molecular formula is C22H26N2O3. The minimum atomic E-state index is -0.444. The van der Waals surface area contributed by atoms with Gasteiger partial charge in [-0.2, -0.15) is 0 Å². The van der Waals surface area contributed by atoms with Gasteiger partial charge in [0.25, 0.3) is 0 Å². The zero-order chi connectivity index (χ0) is 19.1. The molecule has 1 aliphatic rings. The average molecular weight is 366 g/mol. The van der Waals surface area contributed by atoms with Gasteiger partial charge in [0.05, 0.1) is 25.9 Å². The Bertz CT molecular complexity index is 798. The van der Waals surface area contributed by atoms with Crippen LogP contribution in [0, 0.1) is 6.92 Å². The lowest BCUT2D eigenvalue weighted by Gasteiger charge is -2.29. The van der Waals surface area contributed by atoms with Gasteiger partial charge in [0.2, 0.25) is 5.91 Å². The van der Waals surface area contributed by atoms with E-state index in [4.69, 9.17) is 4.74 Å². The van der Waals surface area contributed by atoms with E-state index in [1.165, 1.54) is 6.08 Å². The van der Waals surface area contributed by atoms with Crippen LogP contribution in [0.15, 0.2) is 54.6 Å². The summed E-state index contributed by atoms with van der Waals surface area (Å²) in [4.78, 5) is 14.6. The molecule has 2 N–H and O–H groups in total. The molecule has 1 fully saturated rings. The fourth-order valence-corrected chi connectivity index (χ4v) is 3.15. The minimum absolute atomic E-state index is 0.156. The predicted octanol–water partition coefficient (Wildman–Crippen LogP) is 2.69. The molecule has 0 bridgehead atoms. The second kappa shape index (κ2) is 9.35. The zero-order valence-corrected chi connectivity index (χ0v) is 15.6. The van der Waals surface area contributed by atoms with E-state index in [2.05, 4.69) is 10.2 Å². The number of ether oxygens (including phenoxy) is 1. The molecule has 0 aliphatic carbocycles. The molecular weight excluding hydrogens is 340 g/mol. The molecule has 3 rings (SSSR count). The Balaban J connectivity index is 1.67. The monoisotopic (exact) mass is 366 g/mol. The van der Waals surface area contributed by atoms with Gasteiger partial charge in [-0.15, -0.1) is 0 Å². The summed E-state index contributed by atoms with van der Waals surface area (Å²) in [7, 11) is 0. The molecule has 0 radical (unpaired) electrons. The fraction of sp³-hybridized carbons (Fsp3) is 0.318. The Labute approximate surface area is 160 Å². The number of rotatable bonds is 6. The van der Waals surface area contributed by atoms with E-state index in [1.807, 2.05) is 55.5 Å². The molecule has 0 saturated carbocycles. The molecule has 2 aromatic carbocycles. The molecule has 0 spiro atoms. The topological polar surface area (TPSA) is 61.8 Å². The van der Waals surface area contributed by atoms with Gasteiger partial charge < -0.3 is 20.1 Å². The first-order valence-corrected chi connectivity index (χ1v) is 9.25. The van der Waals surface area contributed by atoms with Gasteiger partial charge in [-0.25, -0.2) is 0 Å². The van der Waals surface area contributed by atoms with Gasteiger partial charge in [-0.1, -0.05) is 36.4 Å². The van der Waals surface area contributed by atoms with Crippen molar-refractivity contribution >= 4 is 17.7 Å². The van der Waals surface area contributed by atoms with Gasteiger partial charge in [0, 0.05) is 24.9 Å². The molecule has 27 heavy (non-hydrogen) atoms. The van der Waals surface area contributed by atoms with Crippen LogP contribution in [-0.4, -0.2) is 43.9 Å². The van der Waals surface area contributed by atoms with Gasteiger partial charge in [-0.05, 0) is 41.8 Å². The number of amides is 1. The number of carbonyl (C=O) groups excluding carboxylic acids is 1. The van der Waals surface area contributed by atoms with Crippen molar-refractivity contribution in [2.24, 2.45) is 0 Å². The first kappa shape index (κ1) is 19.1. The SMILES string of the molecule is Cc1ccccc1/C=C/C(=O)N[C@H](CO)c1cccc(N2CCOCC2)c1. The summed E-state index contributed by atoms with van der Waals surface area (Å²) in [5.74, 6) is -0.228. The van der Waals surface area contributed by atoms with E-state index in [-0.39, 0.29) is 12.5 Å². The Morgan fingerprint density at radius 2 is 2.00 bits per heavy atom. The molecule has 0 aromatic heterocycles. The van der Waals surface area contributed by atoms with Crippen molar-refractivity contribution in [3.05, 3.63) is 71.3 Å². The van der Waals surface area contributed by atoms with Crippen LogP contribution in [0.25, 0.3) is 6.08 Å². The Kier molecular flexibility index (Phi) is 6.63.